The first-order valence-electron chi connectivity index (χ1n) is 17.3. The number of aryl methyl sites for hydroxylation is 2. The van der Waals surface area contributed by atoms with Crippen molar-refractivity contribution in [2.45, 2.75) is 19.9 Å². The van der Waals surface area contributed by atoms with Crippen LogP contribution in [0.25, 0.3) is 21.8 Å². The molecule has 8 aromatic rings. The fourth-order valence-electron chi connectivity index (χ4n) is 5.40. The minimum atomic E-state index is -0.502. The molecule has 4 heterocycles. The van der Waals surface area contributed by atoms with E-state index in [4.69, 9.17) is 28.9 Å². The molecular weight excluding hydrogens is 769 g/mol. The van der Waals surface area contributed by atoms with Gasteiger partial charge in [0.25, 0.3) is 0 Å². The number of hydrogen-bond donors (Lipinski definition) is 4. The summed E-state index contributed by atoms with van der Waals surface area (Å²) in [6.07, 6.45) is 6.33. The van der Waals surface area contributed by atoms with E-state index in [9.17, 15) is 23.8 Å². The number of nitrogens with zero attached hydrogens (tertiary/aromatic N) is 4. The van der Waals surface area contributed by atoms with E-state index in [1.165, 1.54) is 12.3 Å². The topological polar surface area (TPSA) is 147 Å². The first-order chi connectivity index (χ1) is 27.5. The smallest absolute Gasteiger partial charge is 0.151 e. The minimum absolute atomic E-state index is 0.0642. The third-order valence-electron chi connectivity index (χ3n) is 8.36. The van der Waals surface area contributed by atoms with E-state index in [1.54, 1.807) is 74.8 Å². The number of pyridine rings is 4. The summed E-state index contributed by atoms with van der Waals surface area (Å²) in [5, 5.41) is 26.4. The molecule has 0 radical (unpaired) electrons. The molecule has 288 valence electrons. The Labute approximate surface area is 337 Å². The summed E-state index contributed by atoms with van der Waals surface area (Å²) in [7, 11) is 0. The SMILES string of the molecule is Cc1cc(N)ncc1F.Cc1cc(NC(c2ccccc2Cl)c2ccc3cccnc3c2O)ncc1F.O=Cc1ccccc1Cl.Oc1cccc2cccnc12. The molecule has 0 aliphatic carbocycles. The van der Waals surface area contributed by atoms with Crippen LogP contribution in [0, 0.1) is 25.5 Å². The minimum Gasteiger partial charge on any atom is -0.506 e. The molecule has 5 N–H and O–H groups in total. The predicted molar refractivity (Wildman–Crippen MR) is 223 cm³/mol. The Hall–Kier alpha value is -6.69. The zero-order valence-corrected chi connectivity index (χ0v) is 32.1. The highest BCUT2D eigenvalue weighted by molar-refractivity contribution is 6.33. The summed E-state index contributed by atoms with van der Waals surface area (Å²) in [5.74, 6) is 0.442. The summed E-state index contributed by atoms with van der Waals surface area (Å²) in [4.78, 5) is 26.1. The van der Waals surface area contributed by atoms with Gasteiger partial charge in [-0.15, -0.1) is 0 Å². The van der Waals surface area contributed by atoms with Crippen molar-refractivity contribution >= 4 is 62.9 Å². The molecule has 8 rings (SSSR count). The number of carbonyl (C=O) groups excluding carboxylic acids is 1. The fourth-order valence-corrected chi connectivity index (χ4v) is 5.82. The molecule has 0 amide bonds. The van der Waals surface area contributed by atoms with Crippen molar-refractivity contribution < 1.29 is 23.8 Å². The number of nitrogen functional groups attached to an aromatic ring is 1. The number of aromatic hydroxyl groups is 2. The molecule has 1 unspecified atom stereocenters. The van der Waals surface area contributed by atoms with E-state index >= 15 is 0 Å². The number of phenols is 2. The van der Waals surface area contributed by atoms with Gasteiger partial charge in [0.15, 0.2) is 6.29 Å². The van der Waals surface area contributed by atoms with Gasteiger partial charge in [-0.3, -0.25) is 14.8 Å². The van der Waals surface area contributed by atoms with E-state index in [0.717, 1.165) is 28.8 Å². The van der Waals surface area contributed by atoms with E-state index in [-0.39, 0.29) is 23.1 Å². The second kappa shape index (κ2) is 19.8. The van der Waals surface area contributed by atoms with Gasteiger partial charge in [-0.25, -0.2) is 18.7 Å². The lowest BCUT2D eigenvalue weighted by molar-refractivity contribution is 0.112. The van der Waals surface area contributed by atoms with Gasteiger partial charge >= 0.3 is 0 Å². The lowest BCUT2D eigenvalue weighted by Crippen LogP contribution is -2.14. The number of aromatic nitrogens is 4. The molecule has 0 fully saturated rings. The van der Waals surface area contributed by atoms with E-state index in [0.29, 0.717) is 55.0 Å². The van der Waals surface area contributed by atoms with Gasteiger partial charge in [-0.1, -0.05) is 96.0 Å². The number of hydrogen-bond acceptors (Lipinski definition) is 9. The normalized spacial score (nSPS) is 10.8. The fraction of sp³-hybridized carbons (Fsp3) is 0.0682. The molecule has 0 saturated carbocycles. The van der Waals surface area contributed by atoms with Gasteiger partial charge < -0.3 is 21.3 Å². The van der Waals surface area contributed by atoms with Crippen LogP contribution in [0.3, 0.4) is 0 Å². The zero-order chi connectivity index (χ0) is 40.9. The number of phenolic OH excluding ortho intramolecular Hbond substituents is 2. The lowest BCUT2D eigenvalue weighted by atomic mass is 9.96. The molecule has 1 atom stereocenters. The molecule has 13 heteroatoms. The largest absolute Gasteiger partial charge is 0.506 e. The standard InChI is InChI=1S/C22H17ClFN3O.C9H7NO.C7H5ClO.C6H7FN2/c1-13-11-19(26-12-18(13)24)27-21(15-6-2-3-7-17(15)23)16-9-8-14-5-4-10-25-20(14)22(16)28;11-8-5-1-3-7-4-2-6-10-9(7)8;8-7-4-2-1-3-6(7)5-9;1-4-2-6(8)9-3-5(4)7/h2-12,21,28H,1H3,(H,26,27);1-6,11H;1-5H;2-3H,1H3,(H2,8,9). The van der Waals surface area contributed by atoms with Gasteiger partial charge in [-0.05, 0) is 73.0 Å². The molecule has 4 aromatic carbocycles. The number of halogens is 4. The first kappa shape index (κ1) is 41.5. The van der Waals surface area contributed by atoms with Gasteiger partial charge in [0.05, 0.1) is 23.5 Å². The highest BCUT2D eigenvalue weighted by atomic mass is 35.5. The number of benzene rings is 4. The van der Waals surface area contributed by atoms with Crippen molar-refractivity contribution in [3.05, 3.63) is 190 Å². The van der Waals surface area contributed by atoms with Crippen LogP contribution in [0.15, 0.2) is 140 Å². The Morgan fingerprint density at radius 2 is 1.26 bits per heavy atom. The van der Waals surface area contributed by atoms with Gasteiger partial charge in [0.1, 0.15) is 45.8 Å². The third-order valence-corrected chi connectivity index (χ3v) is 9.05. The van der Waals surface area contributed by atoms with Crippen molar-refractivity contribution in [2.75, 3.05) is 11.1 Å². The average Bonchev–Trinajstić information content (AvgIpc) is 3.22. The second-order valence-corrected chi connectivity index (χ2v) is 13.2. The van der Waals surface area contributed by atoms with Crippen LogP contribution in [0.1, 0.15) is 38.7 Å². The van der Waals surface area contributed by atoms with Crippen LogP contribution >= 0.6 is 23.2 Å². The lowest BCUT2D eigenvalue weighted by Gasteiger charge is -2.23. The molecule has 0 saturated heterocycles. The Balaban J connectivity index is 0.000000173. The van der Waals surface area contributed by atoms with Crippen LogP contribution in [-0.4, -0.2) is 36.4 Å². The molecule has 4 aromatic heterocycles. The number of fused-ring (bicyclic) bond motifs is 2. The van der Waals surface area contributed by atoms with E-state index in [2.05, 4.69) is 25.3 Å². The summed E-state index contributed by atoms with van der Waals surface area (Å²) < 4.78 is 26.0. The van der Waals surface area contributed by atoms with Crippen molar-refractivity contribution in [3.8, 4) is 11.5 Å². The van der Waals surface area contributed by atoms with Crippen LogP contribution in [0.2, 0.25) is 10.0 Å². The van der Waals surface area contributed by atoms with Crippen LogP contribution in [0.5, 0.6) is 11.5 Å². The number of rotatable bonds is 5. The number of nitrogens with two attached hydrogens (primary N) is 1. The molecule has 9 nitrogen and oxygen atoms in total. The van der Waals surface area contributed by atoms with Gasteiger partial charge in [-0.2, -0.15) is 0 Å². The van der Waals surface area contributed by atoms with E-state index in [1.807, 2.05) is 60.7 Å². The molecule has 0 spiro atoms. The van der Waals surface area contributed by atoms with Crippen LogP contribution in [0.4, 0.5) is 20.4 Å². The van der Waals surface area contributed by atoms with Gasteiger partial charge in [0.2, 0.25) is 0 Å². The van der Waals surface area contributed by atoms with Crippen molar-refractivity contribution in [1.82, 2.24) is 19.9 Å². The van der Waals surface area contributed by atoms with Crippen molar-refractivity contribution in [3.63, 3.8) is 0 Å². The van der Waals surface area contributed by atoms with Crippen LogP contribution in [-0.2, 0) is 0 Å². The number of carbonyl (C=O) groups is 1. The number of nitrogens with one attached hydrogen (secondary N) is 1. The van der Waals surface area contributed by atoms with Crippen molar-refractivity contribution in [1.29, 1.82) is 0 Å². The highest BCUT2D eigenvalue weighted by Gasteiger charge is 2.22. The molecule has 0 aliphatic rings. The average molecular weight is 806 g/mol. The molecule has 57 heavy (non-hydrogen) atoms. The first-order valence-corrected chi connectivity index (χ1v) is 18.0. The molecule has 0 aliphatic heterocycles. The van der Waals surface area contributed by atoms with Crippen molar-refractivity contribution in [2.24, 2.45) is 0 Å². The number of para-hydroxylation sites is 1. The number of anilines is 2. The summed E-state index contributed by atoms with van der Waals surface area (Å²) in [6.45, 7) is 3.32. The highest BCUT2D eigenvalue weighted by Crippen LogP contribution is 2.38. The van der Waals surface area contributed by atoms with Crippen LogP contribution < -0.4 is 11.1 Å². The predicted octanol–water partition coefficient (Wildman–Crippen LogP) is 10.8. The zero-order valence-electron chi connectivity index (χ0n) is 30.6. The quantitative estimate of drug-likeness (QED) is 0.125. The monoisotopic (exact) mass is 804 g/mol. The Kier molecular flexibility index (Phi) is 14.4. The summed E-state index contributed by atoms with van der Waals surface area (Å²) in [5.41, 5.74) is 9.32. The van der Waals surface area contributed by atoms with Gasteiger partial charge in [0, 0.05) is 39.3 Å². The van der Waals surface area contributed by atoms with E-state index < -0.39 is 6.04 Å². The number of aldehydes is 1. The Morgan fingerprint density at radius 1 is 0.667 bits per heavy atom. The molecular formula is C44H36Cl2F2N6O3. The summed E-state index contributed by atoms with van der Waals surface area (Å²) >= 11 is 12.0. The maximum absolute atomic E-state index is 13.6. The maximum atomic E-state index is 13.6. The second-order valence-electron chi connectivity index (χ2n) is 12.3. The molecule has 0 bridgehead atoms. The Bertz CT molecular complexity index is 2630. The third kappa shape index (κ3) is 11.0. The maximum Gasteiger partial charge on any atom is 0.151 e. The summed E-state index contributed by atoms with van der Waals surface area (Å²) in [6, 6.07) is 33.5. The Morgan fingerprint density at radius 3 is 1.86 bits per heavy atom.